The van der Waals surface area contributed by atoms with E-state index in [1.165, 1.54) is 31.7 Å². The lowest BCUT2D eigenvalue weighted by molar-refractivity contribution is -0.182. The van der Waals surface area contributed by atoms with Gasteiger partial charge in [-0.15, -0.1) is 0 Å². The number of aliphatic hydroxyl groups excluding tert-OH is 1. The lowest BCUT2D eigenvalue weighted by Gasteiger charge is -2.36. The molecule has 53 heavy (non-hydrogen) atoms. The van der Waals surface area contributed by atoms with Crippen LogP contribution in [0.15, 0.2) is 55.1 Å². The Bertz CT molecular complexity index is 1690. The van der Waals surface area contributed by atoms with E-state index in [2.05, 4.69) is 20.3 Å². The van der Waals surface area contributed by atoms with Crippen LogP contribution in [0.5, 0.6) is 0 Å². The first-order chi connectivity index (χ1) is 25.2. The molecule has 1 fully saturated rings. The number of benzene rings is 1. The van der Waals surface area contributed by atoms with Crippen LogP contribution < -0.4 is 22.5 Å². The fraction of sp³-hybridized carbons (Fsp3) is 0.526. The van der Waals surface area contributed by atoms with Crippen molar-refractivity contribution in [3.05, 3.63) is 77.6 Å². The number of H-pyrrole nitrogens is 1. The van der Waals surface area contributed by atoms with Crippen LogP contribution in [0, 0.1) is 5.92 Å². The lowest BCUT2D eigenvalue weighted by Crippen LogP contribution is -2.61. The number of carbonyl (C=O) groups excluding carboxylic acids is 4. The van der Waals surface area contributed by atoms with Crippen molar-refractivity contribution in [2.75, 3.05) is 5.73 Å². The van der Waals surface area contributed by atoms with Gasteiger partial charge in [0.05, 0.1) is 35.8 Å². The summed E-state index contributed by atoms with van der Waals surface area (Å²) in [6.45, 7) is 4.57. The molecule has 1 saturated carbocycles. The zero-order valence-electron chi connectivity index (χ0n) is 30.5. The fourth-order valence-electron chi connectivity index (χ4n) is 6.63. The third-order valence-electron chi connectivity index (χ3n) is 10.2. The van der Waals surface area contributed by atoms with Crippen LogP contribution in [0.2, 0.25) is 0 Å². The fourth-order valence-corrected chi connectivity index (χ4v) is 6.63. The topological polar surface area (TPSA) is 223 Å². The van der Waals surface area contributed by atoms with Crippen LogP contribution in [0.25, 0.3) is 0 Å². The number of alkyl halides is 2. The van der Waals surface area contributed by atoms with E-state index in [0.29, 0.717) is 17.7 Å². The van der Waals surface area contributed by atoms with Gasteiger partial charge in [0.15, 0.2) is 5.78 Å². The SMILES string of the molecule is CCC(O)C(F)(F)C(=O)N(C(=O)[C@@H](N)[C@H](C)CC)C(C(=O)[C@H](Cc1c[nH]cn1)NC(=O)[C@@H](N)Cc1ccccc1)c1cc(N)c(C2CCCCC2)cn1. The highest BCUT2D eigenvalue weighted by atomic mass is 19.3. The molecule has 9 N–H and O–H groups in total. The number of nitrogen functional groups attached to an aromatic ring is 1. The van der Waals surface area contributed by atoms with Crippen LogP contribution in [0.3, 0.4) is 0 Å². The summed E-state index contributed by atoms with van der Waals surface area (Å²) >= 11 is 0. The van der Waals surface area contributed by atoms with E-state index in [4.69, 9.17) is 17.2 Å². The van der Waals surface area contributed by atoms with Gasteiger partial charge < -0.3 is 32.6 Å². The zero-order chi connectivity index (χ0) is 38.9. The monoisotopic (exact) mass is 738 g/mol. The molecular formula is C38H52F2N8O5. The van der Waals surface area contributed by atoms with Crippen molar-refractivity contribution in [3.63, 3.8) is 0 Å². The number of aliphatic hydroxyl groups is 1. The number of imidazole rings is 1. The molecule has 1 aliphatic rings. The van der Waals surface area contributed by atoms with E-state index < -0.39 is 72.0 Å². The van der Waals surface area contributed by atoms with E-state index in [1.807, 2.05) is 0 Å². The average Bonchev–Trinajstić information content (AvgIpc) is 3.68. The molecule has 15 heteroatoms. The van der Waals surface area contributed by atoms with E-state index in [1.54, 1.807) is 44.2 Å². The Labute approximate surface area is 308 Å². The van der Waals surface area contributed by atoms with Crippen LogP contribution in [-0.2, 0) is 32.0 Å². The molecule has 0 spiro atoms. The number of pyridine rings is 1. The Morgan fingerprint density at radius 3 is 2.30 bits per heavy atom. The number of imide groups is 1. The van der Waals surface area contributed by atoms with Crippen molar-refractivity contribution in [2.24, 2.45) is 17.4 Å². The number of aromatic nitrogens is 3. The summed E-state index contributed by atoms with van der Waals surface area (Å²) in [4.78, 5) is 68.4. The highest BCUT2D eigenvalue weighted by Crippen LogP contribution is 2.38. The van der Waals surface area contributed by atoms with Crippen LogP contribution >= 0.6 is 0 Å². The largest absolute Gasteiger partial charge is 0.398 e. The molecule has 4 rings (SSSR count). The number of nitrogens with two attached hydrogens (primary N) is 3. The number of hydrogen-bond acceptors (Lipinski definition) is 10. The summed E-state index contributed by atoms with van der Waals surface area (Å²) in [5.41, 5.74) is 20.8. The van der Waals surface area contributed by atoms with Crippen molar-refractivity contribution >= 4 is 29.2 Å². The van der Waals surface area contributed by atoms with Crippen molar-refractivity contribution in [1.29, 1.82) is 0 Å². The molecule has 2 aromatic heterocycles. The van der Waals surface area contributed by atoms with Gasteiger partial charge in [-0.05, 0) is 54.7 Å². The van der Waals surface area contributed by atoms with Gasteiger partial charge in [0.2, 0.25) is 11.8 Å². The molecule has 0 radical (unpaired) electrons. The number of hydrogen-bond donors (Lipinski definition) is 6. The molecule has 288 valence electrons. The standard InChI is InChI=1S/C38H52F2N8O5/c1-4-22(3)32(43)36(52)48(37(53)38(39,40)31(49)5-2)33(29-18-27(41)26(20-45-29)24-14-10-7-11-15-24)34(50)30(17-25-19-44-21-46-25)47-35(51)28(42)16-23-12-8-6-9-13-23/h6,8-9,12-13,18-22,24,28,30-33,49H,4-5,7,10-11,14-17,42-43H2,1-3H3,(H2,41,45)(H,44,46)(H,47,51)/t22-,28+,30+,31?,32+,33?/m1/s1. The number of halogens is 2. The van der Waals surface area contributed by atoms with E-state index >= 15 is 8.78 Å². The summed E-state index contributed by atoms with van der Waals surface area (Å²) in [5.74, 6) is -10.3. The van der Waals surface area contributed by atoms with Crippen LogP contribution in [-0.4, -0.2) is 78.6 Å². The summed E-state index contributed by atoms with van der Waals surface area (Å²) in [5, 5.41) is 13.0. The molecule has 0 aliphatic heterocycles. The minimum atomic E-state index is -4.52. The predicted octanol–water partition coefficient (Wildman–Crippen LogP) is 3.48. The van der Waals surface area contributed by atoms with E-state index in [9.17, 15) is 24.3 Å². The molecule has 1 aromatic carbocycles. The quantitative estimate of drug-likeness (QED) is 0.118. The third-order valence-corrected chi connectivity index (χ3v) is 10.2. The van der Waals surface area contributed by atoms with Crippen molar-refractivity contribution in [2.45, 2.75) is 121 Å². The van der Waals surface area contributed by atoms with Gasteiger partial charge in [0.1, 0.15) is 12.1 Å². The van der Waals surface area contributed by atoms with Gasteiger partial charge in [-0.2, -0.15) is 8.78 Å². The van der Waals surface area contributed by atoms with E-state index in [-0.39, 0.29) is 35.0 Å². The molecular weight excluding hydrogens is 686 g/mol. The van der Waals surface area contributed by atoms with Gasteiger partial charge in [-0.1, -0.05) is 76.8 Å². The highest BCUT2D eigenvalue weighted by Gasteiger charge is 2.54. The first-order valence-electron chi connectivity index (χ1n) is 18.3. The maximum atomic E-state index is 15.8. The molecule has 6 atom stereocenters. The number of nitrogens with one attached hydrogen (secondary N) is 2. The second-order valence-corrected chi connectivity index (χ2v) is 14.0. The number of carbonyl (C=O) groups is 4. The molecule has 0 bridgehead atoms. The summed E-state index contributed by atoms with van der Waals surface area (Å²) in [7, 11) is 0. The molecule has 0 saturated heterocycles. The van der Waals surface area contributed by atoms with Crippen LogP contribution in [0.1, 0.15) is 100 Å². The van der Waals surface area contributed by atoms with Crippen LogP contribution in [0.4, 0.5) is 14.5 Å². The Kier molecular flexibility index (Phi) is 14.3. The highest BCUT2D eigenvalue weighted by molar-refractivity contribution is 6.07. The molecule has 3 amide bonds. The number of ketones is 1. The number of aromatic amines is 1. The average molecular weight is 739 g/mol. The maximum absolute atomic E-state index is 15.8. The second-order valence-electron chi connectivity index (χ2n) is 14.0. The molecule has 2 heterocycles. The normalized spacial score (nSPS) is 17.2. The third kappa shape index (κ3) is 9.89. The van der Waals surface area contributed by atoms with Gasteiger partial charge >= 0.3 is 11.8 Å². The first-order valence-corrected chi connectivity index (χ1v) is 18.3. The van der Waals surface area contributed by atoms with E-state index in [0.717, 1.165) is 37.7 Å². The number of rotatable bonds is 17. The summed E-state index contributed by atoms with van der Waals surface area (Å²) in [6, 6.07) is 3.87. The van der Waals surface area contributed by atoms with Crippen molar-refractivity contribution in [3.8, 4) is 0 Å². The van der Waals surface area contributed by atoms with Gasteiger partial charge in [0, 0.05) is 24.5 Å². The Balaban J connectivity index is 1.88. The first kappa shape index (κ1) is 41.2. The summed E-state index contributed by atoms with van der Waals surface area (Å²) < 4.78 is 31.7. The number of nitrogens with zero attached hydrogens (tertiary/aromatic N) is 3. The number of Topliss-reactive ketones (excluding diaryl/α,β-unsaturated/α-hetero) is 1. The minimum absolute atomic E-state index is 0.0690. The Morgan fingerprint density at radius 1 is 1.04 bits per heavy atom. The Morgan fingerprint density at radius 2 is 1.72 bits per heavy atom. The number of amides is 3. The van der Waals surface area contributed by atoms with Crippen molar-refractivity contribution < 1.29 is 33.1 Å². The molecule has 3 aromatic rings. The molecule has 2 unspecified atom stereocenters. The lowest BCUT2D eigenvalue weighted by atomic mass is 9.83. The van der Waals surface area contributed by atoms with Gasteiger partial charge in [0.25, 0.3) is 0 Å². The van der Waals surface area contributed by atoms with Crippen molar-refractivity contribution in [1.82, 2.24) is 25.2 Å². The number of anilines is 1. The summed E-state index contributed by atoms with van der Waals surface area (Å²) in [6.07, 6.45) is 6.11. The second kappa shape index (κ2) is 18.4. The van der Waals surface area contributed by atoms with Gasteiger partial charge in [-0.25, -0.2) is 4.98 Å². The smallest absolute Gasteiger partial charge is 0.350 e. The Hall–Kier alpha value is -4.60. The maximum Gasteiger partial charge on any atom is 0.350 e. The minimum Gasteiger partial charge on any atom is -0.398 e. The molecule has 13 nitrogen and oxygen atoms in total. The predicted molar refractivity (Wildman–Crippen MR) is 195 cm³/mol. The zero-order valence-corrected chi connectivity index (χ0v) is 30.5. The van der Waals surface area contributed by atoms with Gasteiger partial charge in [-0.3, -0.25) is 29.1 Å². The molecule has 1 aliphatic carbocycles.